The van der Waals surface area contributed by atoms with E-state index < -0.39 is 27.8 Å². The normalized spacial score (nSPS) is 11.9. The number of hydrogen-bond donors (Lipinski definition) is 3. The molecule has 2 amide bonds. The Hall–Kier alpha value is -2.01. The topological polar surface area (TPSA) is 96.5 Å². The van der Waals surface area contributed by atoms with Gasteiger partial charge in [0.15, 0.2) is 0 Å². The van der Waals surface area contributed by atoms with Gasteiger partial charge in [-0.25, -0.2) is 17.9 Å². The van der Waals surface area contributed by atoms with E-state index in [1.807, 2.05) is 0 Å². The van der Waals surface area contributed by atoms with Gasteiger partial charge in [0.05, 0.1) is 24.1 Å². The highest BCUT2D eigenvalue weighted by Gasteiger charge is 2.31. The van der Waals surface area contributed by atoms with Crippen molar-refractivity contribution in [1.29, 1.82) is 0 Å². The van der Waals surface area contributed by atoms with Crippen LogP contribution in [0.2, 0.25) is 0 Å². The molecule has 7 nitrogen and oxygen atoms in total. The first-order valence-corrected chi connectivity index (χ1v) is 8.75. The summed E-state index contributed by atoms with van der Waals surface area (Å²) in [5.74, 6) is 0.0925. The number of sulfonamides is 1. The third-order valence-electron chi connectivity index (χ3n) is 2.63. The second kappa shape index (κ2) is 8.20. The summed E-state index contributed by atoms with van der Waals surface area (Å²) < 4.78 is 67.3. The molecule has 1 aromatic rings. The molecule has 0 spiro atoms. The van der Waals surface area contributed by atoms with Gasteiger partial charge in [0.25, 0.3) is 0 Å². The number of halogens is 3. The number of benzene rings is 1. The van der Waals surface area contributed by atoms with Crippen LogP contribution in [0.3, 0.4) is 0 Å². The number of anilines is 1. The zero-order chi connectivity index (χ0) is 18.4. The number of alkyl halides is 3. The maximum absolute atomic E-state index is 12.7. The first-order chi connectivity index (χ1) is 11.0. The van der Waals surface area contributed by atoms with E-state index in [-0.39, 0.29) is 31.1 Å². The average Bonchev–Trinajstić information content (AvgIpc) is 2.43. The monoisotopic (exact) mass is 369 g/mol. The molecule has 0 aliphatic heterocycles. The van der Waals surface area contributed by atoms with Crippen LogP contribution in [-0.4, -0.2) is 40.4 Å². The highest BCUT2D eigenvalue weighted by atomic mass is 32.2. The molecule has 0 aliphatic rings. The Bertz CT molecular complexity index is 678. The maximum Gasteiger partial charge on any atom is 0.416 e. The second-order valence-electron chi connectivity index (χ2n) is 4.69. The average molecular weight is 369 g/mol. The highest BCUT2D eigenvalue weighted by molar-refractivity contribution is 7.88. The van der Waals surface area contributed by atoms with Crippen LogP contribution in [0, 0.1) is 0 Å². The molecule has 11 heteroatoms. The van der Waals surface area contributed by atoms with Crippen LogP contribution in [0.25, 0.3) is 0 Å². The van der Waals surface area contributed by atoms with Crippen molar-refractivity contribution in [3.05, 3.63) is 23.8 Å². The minimum Gasteiger partial charge on any atom is -0.492 e. The molecule has 0 saturated carbocycles. The lowest BCUT2D eigenvalue weighted by Gasteiger charge is -2.15. The molecule has 0 aliphatic carbocycles. The Morgan fingerprint density at radius 2 is 1.92 bits per heavy atom. The zero-order valence-corrected chi connectivity index (χ0v) is 13.8. The fraction of sp³-hybridized carbons (Fsp3) is 0.462. The van der Waals surface area contributed by atoms with Gasteiger partial charge in [0.1, 0.15) is 5.75 Å². The fourth-order valence-electron chi connectivity index (χ4n) is 1.66. The summed E-state index contributed by atoms with van der Waals surface area (Å²) >= 11 is 0. The van der Waals surface area contributed by atoms with Crippen LogP contribution in [0.15, 0.2) is 18.2 Å². The van der Waals surface area contributed by atoms with Crippen molar-refractivity contribution in [3.8, 4) is 5.75 Å². The van der Waals surface area contributed by atoms with Crippen LogP contribution >= 0.6 is 0 Å². The fourth-order valence-corrected chi connectivity index (χ4v) is 2.14. The van der Waals surface area contributed by atoms with E-state index in [4.69, 9.17) is 4.74 Å². The molecule has 0 radical (unpaired) electrons. The lowest BCUT2D eigenvalue weighted by atomic mass is 10.2. The minimum atomic E-state index is -4.56. The third-order valence-corrected chi connectivity index (χ3v) is 3.36. The quantitative estimate of drug-likeness (QED) is 0.638. The van der Waals surface area contributed by atoms with Crippen LogP contribution in [0.5, 0.6) is 5.75 Å². The molecule has 0 unspecified atom stereocenters. The molecule has 1 aromatic carbocycles. The summed E-state index contributed by atoms with van der Waals surface area (Å²) in [4.78, 5) is 11.7. The van der Waals surface area contributed by atoms with E-state index in [1.54, 1.807) is 6.92 Å². The Morgan fingerprint density at radius 3 is 2.46 bits per heavy atom. The number of amides is 2. The molecule has 24 heavy (non-hydrogen) atoms. The first kappa shape index (κ1) is 20.0. The van der Waals surface area contributed by atoms with E-state index in [1.165, 1.54) is 0 Å². The molecule has 3 N–H and O–H groups in total. The molecular formula is C13H18F3N3O4S. The van der Waals surface area contributed by atoms with Crippen molar-refractivity contribution in [2.45, 2.75) is 13.1 Å². The Morgan fingerprint density at radius 1 is 1.25 bits per heavy atom. The Balaban J connectivity index is 2.74. The lowest BCUT2D eigenvalue weighted by molar-refractivity contribution is -0.137. The largest absolute Gasteiger partial charge is 0.492 e. The van der Waals surface area contributed by atoms with Crippen LogP contribution in [0.1, 0.15) is 12.5 Å². The summed E-state index contributed by atoms with van der Waals surface area (Å²) in [6, 6.07) is 1.95. The van der Waals surface area contributed by atoms with Gasteiger partial charge in [0, 0.05) is 13.1 Å². The van der Waals surface area contributed by atoms with Gasteiger partial charge in [-0.15, -0.1) is 0 Å². The van der Waals surface area contributed by atoms with Crippen molar-refractivity contribution < 1.29 is 31.1 Å². The third kappa shape index (κ3) is 7.04. The van der Waals surface area contributed by atoms with Crippen molar-refractivity contribution in [3.63, 3.8) is 0 Å². The summed E-state index contributed by atoms with van der Waals surface area (Å²) in [5, 5.41) is 4.57. The maximum atomic E-state index is 12.7. The van der Waals surface area contributed by atoms with E-state index >= 15 is 0 Å². The Kier molecular flexibility index (Phi) is 6.84. The predicted octanol–water partition coefficient (Wildman–Crippen LogP) is 1.77. The Labute approximate surface area is 137 Å². The summed E-state index contributed by atoms with van der Waals surface area (Å²) in [6.07, 6.45) is -3.60. The minimum absolute atomic E-state index is 0.0398. The van der Waals surface area contributed by atoms with Crippen molar-refractivity contribution in [2.75, 3.05) is 31.3 Å². The molecule has 0 fully saturated rings. The molecular weight excluding hydrogens is 351 g/mol. The van der Waals surface area contributed by atoms with Crippen LogP contribution < -0.4 is 20.1 Å². The summed E-state index contributed by atoms with van der Waals surface area (Å²) in [7, 11) is -3.38. The molecule has 0 atom stereocenters. The molecule has 0 heterocycles. The van der Waals surface area contributed by atoms with Crippen molar-refractivity contribution in [1.82, 2.24) is 10.0 Å². The van der Waals surface area contributed by atoms with Gasteiger partial charge in [-0.05, 0) is 25.1 Å². The summed E-state index contributed by atoms with van der Waals surface area (Å²) in [6.45, 7) is 1.77. The first-order valence-electron chi connectivity index (χ1n) is 6.86. The SMILES string of the molecule is CCOc1ccc(C(F)(F)F)cc1NC(=O)NCCNS(C)(=O)=O. The van der Waals surface area contributed by atoms with Gasteiger partial charge in [-0.2, -0.15) is 13.2 Å². The molecule has 136 valence electrons. The second-order valence-corrected chi connectivity index (χ2v) is 6.52. The smallest absolute Gasteiger partial charge is 0.416 e. The molecule has 0 aromatic heterocycles. The number of nitrogens with one attached hydrogen (secondary N) is 3. The van der Waals surface area contributed by atoms with E-state index in [2.05, 4.69) is 15.4 Å². The van der Waals surface area contributed by atoms with Gasteiger partial charge >= 0.3 is 12.2 Å². The number of rotatable bonds is 7. The zero-order valence-electron chi connectivity index (χ0n) is 13.0. The standard InChI is InChI=1S/C13H18F3N3O4S/c1-3-23-11-5-4-9(13(14,15)16)8-10(11)19-12(20)17-6-7-18-24(2,21)22/h4-5,8,18H,3,6-7H2,1-2H3,(H2,17,19,20). The van der Waals surface area contributed by atoms with E-state index in [0.717, 1.165) is 24.5 Å². The lowest BCUT2D eigenvalue weighted by Crippen LogP contribution is -2.36. The van der Waals surface area contributed by atoms with Gasteiger partial charge < -0.3 is 15.4 Å². The van der Waals surface area contributed by atoms with Crippen LogP contribution in [-0.2, 0) is 16.2 Å². The van der Waals surface area contributed by atoms with Crippen molar-refractivity contribution >= 4 is 21.7 Å². The van der Waals surface area contributed by atoms with E-state index in [0.29, 0.717) is 0 Å². The van der Waals surface area contributed by atoms with Gasteiger partial charge in [-0.1, -0.05) is 0 Å². The number of urea groups is 1. The summed E-state index contributed by atoms with van der Waals surface area (Å²) in [5.41, 5.74) is -1.07. The number of hydrogen-bond acceptors (Lipinski definition) is 4. The van der Waals surface area contributed by atoms with Crippen molar-refractivity contribution in [2.24, 2.45) is 0 Å². The predicted molar refractivity (Wildman–Crippen MR) is 82.5 cm³/mol. The van der Waals surface area contributed by atoms with Gasteiger partial charge in [-0.3, -0.25) is 0 Å². The van der Waals surface area contributed by atoms with Gasteiger partial charge in [0.2, 0.25) is 10.0 Å². The number of carbonyl (C=O) groups is 1. The molecule has 1 rings (SSSR count). The molecule has 0 bridgehead atoms. The van der Waals surface area contributed by atoms with Crippen LogP contribution in [0.4, 0.5) is 23.7 Å². The highest BCUT2D eigenvalue weighted by Crippen LogP contribution is 2.35. The van der Waals surface area contributed by atoms with E-state index in [9.17, 15) is 26.4 Å². The number of ether oxygens (including phenoxy) is 1. The molecule has 0 saturated heterocycles. The number of carbonyl (C=O) groups excluding carboxylic acids is 1.